The number of rotatable bonds is 3. The Hall–Kier alpha value is -1.45. The third kappa shape index (κ3) is 3.02. The zero-order chi connectivity index (χ0) is 12.3. The average Bonchev–Trinajstić information content (AvgIpc) is 2.29. The molecule has 0 bridgehead atoms. The van der Waals surface area contributed by atoms with Gasteiger partial charge in [0.1, 0.15) is 11.8 Å². The number of ether oxygens (including phenoxy) is 1. The van der Waals surface area contributed by atoms with Crippen molar-refractivity contribution in [2.75, 3.05) is 7.11 Å². The summed E-state index contributed by atoms with van der Waals surface area (Å²) in [7, 11) is 1.61. The van der Waals surface area contributed by atoms with Gasteiger partial charge in [0.05, 0.1) is 5.69 Å². The average molecular weight is 249 g/mol. The maximum atomic E-state index is 5.96. The first-order valence-corrected chi connectivity index (χ1v) is 5.66. The number of methoxy groups -OCH3 is 1. The molecule has 2 aromatic rings. The molecule has 0 saturated carbocycles. The first-order valence-electron chi connectivity index (χ1n) is 5.28. The minimum absolute atomic E-state index is 0.361. The highest BCUT2D eigenvalue weighted by Crippen LogP contribution is 2.20. The molecular weight excluding hydrogens is 236 g/mol. The Kier molecular flexibility index (Phi) is 3.71. The molecule has 1 heterocycles. The summed E-state index contributed by atoms with van der Waals surface area (Å²) in [5.74, 6) is 0.593. The lowest BCUT2D eigenvalue weighted by Crippen LogP contribution is -1.98. The third-order valence-corrected chi connectivity index (χ3v) is 2.56. The van der Waals surface area contributed by atoms with E-state index in [1.807, 2.05) is 31.2 Å². The van der Waals surface area contributed by atoms with Crippen molar-refractivity contribution in [3.63, 3.8) is 0 Å². The monoisotopic (exact) mass is 248 g/mol. The minimum atomic E-state index is 0.361. The van der Waals surface area contributed by atoms with Gasteiger partial charge in [-0.2, -0.15) is 0 Å². The topological polar surface area (TPSA) is 35.0 Å². The lowest BCUT2D eigenvalue weighted by atomic mass is 10.1. The standard InChI is InChI=1S/C13H13ClN2O/c1-9-3-5-10(6-4-9)11-7-12(14)16-13(15-11)8-17-2/h3-7H,8H2,1-2H3. The number of halogens is 1. The maximum Gasteiger partial charge on any atom is 0.156 e. The number of benzene rings is 1. The molecule has 0 fully saturated rings. The molecule has 17 heavy (non-hydrogen) atoms. The van der Waals surface area contributed by atoms with Gasteiger partial charge in [0.15, 0.2) is 5.82 Å². The number of nitrogens with zero attached hydrogens (tertiary/aromatic N) is 2. The summed E-state index contributed by atoms with van der Waals surface area (Å²) in [6.07, 6.45) is 0. The van der Waals surface area contributed by atoms with Crippen LogP contribution in [0.25, 0.3) is 11.3 Å². The van der Waals surface area contributed by atoms with Crippen molar-refractivity contribution >= 4 is 11.6 Å². The van der Waals surface area contributed by atoms with E-state index < -0.39 is 0 Å². The fourth-order valence-electron chi connectivity index (χ4n) is 1.53. The predicted octanol–water partition coefficient (Wildman–Crippen LogP) is 3.25. The molecule has 0 atom stereocenters. The molecule has 0 aliphatic rings. The summed E-state index contributed by atoms with van der Waals surface area (Å²) < 4.78 is 5.01. The lowest BCUT2D eigenvalue weighted by molar-refractivity contribution is 0.178. The summed E-state index contributed by atoms with van der Waals surface area (Å²) in [5.41, 5.74) is 3.06. The molecule has 0 aliphatic carbocycles. The van der Waals surface area contributed by atoms with E-state index in [0.717, 1.165) is 11.3 Å². The summed E-state index contributed by atoms with van der Waals surface area (Å²) >= 11 is 5.96. The van der Waals surface area contributed by atoms with Crippen LogP contribution in [-0.4, -0.2) is 17.1 Å². The molecule has 0 N–H and O–H groups in total. The molecule has 88 valence electrons. The van der Waals surface area contributed by atoms with Gasteiger partial charge in [0.2, 0.25) is 0 Å². The molecule has 4 heteroatoms. The van der Waals surface area contributed by atoms with E-state index in [2.05, 4.69) is 9.97 Å². The summed E-state index contributed by atoms with van der Waals surface area (Å²) in [6.45, 7) is 2.41. The van der Waals surface area contributed by atoms with Crippen molar-refractivity contribution in [1.82, 2.24) is 9.97 Å². The Morgan fingerprint density at radius 3 is 2.53 bits per heavy atom. The van der Waals surface area contributed by atoms with E-state index in [1.165, 1.54) is 5.56 Å². The van der Waals surface area contributed by atoms with Crippen LogP contribution in [0.2, 0.25) is 5.15 Å². The van der Waals surface area contributed by atoms with E-state index in [9.17, 15) is 0 Å². The quantitative estimate of drug-likeness (QED) is 0.782. The Balaban J connectivity index is 2.40. The van der Waals surface area contributed by atoms with E-state index in [1.54, 1.807) is 13.2 Å². The van der Waals surface area contributed by atoms with Gasteiger partial charge in [-0.1, -0.05) is 41.4 Å². The van der Waals surface area contributed by atoms with Crippen molar-refractivity contribution in [3.8, 4) is 11.3 Å². The Morgan fingerprint density at radius 1 is 1.18 bits per heavy atom. The second-order valence-corrected chi connectivity index (χ2v) is 4.18. The van der Waals surface area contributed by atoms with Gasteiger partial charge < -0.3 is 4.74 Å². The van der Waals surface area contributed by atoms with Gasteiger partial charge in [0.25, 0.3) is 0 Å². The molecular formula is C13H13ClN2O. The Bertz CT molecular complexity index is 511. The first kappa shape index (κ1) is 12.0. The summed E-state index contributed by atoms with van der Waals surface area (Å²) in [6, 6.07) is 9.88. The van der Waals surface area contributed by atoms with Gasteiger partial charge in [-0.05, 0) is 6.92 Å². The number of hydrogen-bond donors (Lipinski definition) is 0. The molecule has 1 aromatic heterocycles. The van der Waals surface area contributed by atoms with Crippen molar-refractivity contribution < 1.29 is 4.74 Å². The van der Waals surface area contributed by atoms with Gasteiger partial charge in [-0.15, -0.1) is 0 Å². The van der Waals surface area contributed by atoms with Gasteiger partial charge in [-0.3, -0.25) is 0 Å². The summed E-state index contributed by atoms with van der Waals surface area (Å²) in [5, 5.41) is 0.433. The van der Waals surface area contributed by atoms with Crippen molar-refractivity contribution in [2.45, 2.75) is 13.5 Å². The molecule has 2 rings (SSSR count). The van der Waals surface area contributed by atoms with Crippen LogP contribution >= 0.6 is 11.6 Å². The molecule has 1 aromatic carbocycles. The zero-order valence-electron chi connectivity index (χ0n) is 9.77. The second kappa shape index (κ2) is 5.25. The van der Waals surface area contributed by atoms with E-state index in [-0.39, 0.29) is 0 Å². The maximum absolute atomic E-state index is 5.96. The van der Waals surface area contributed by atoms with Crippen LogP contribution in [-0.2, 0) is 11.3 Å². The van der Waals surface area contributed by atoms with Gasteiger partial charge in [0, 0.05) is 18.7 Å². The molecule has 0 saturated heterocycles. The van der Waals surface area contributed by atoms with E-state index in [0.29, 0.717) is 17.6 Å². The predicted molar refractivity (Wildman–Crippen MR) is 67.9 cm³/mol. The fourth-order valence-corrected chi connectivity index (χ4v) is 1.73. The van der Waals surface area contributed by atoms with Crippen molar-refractivity contribution in [2.24, 2.45) is 0 Å². The molecule has 0 unspecified atom stereocenters. The number of aryl methyl sites for hydroxylation is 1. The summed E-state index contributed by atoms with van der Waals surface area (Å²) in [4.78, 5) is 8.50. The largest absolute Gasteiger partial charge is 0.377 e. The lowest BCUT2D eigenvalue weighted by Gasteiger charge is -2.05. The highest BCUT2D eigenvalue weighted by atomic mass is 35.5. The van der Waals surface area contributed by atoms with E-state index in [4.69, 9.17) is 16.3 Å². The second-order valence-electron chi connectivity index (χ2n) is 3.79. The van der Waals surface area contributed by atoms with Crippen LogP contribution in [0.5, 0.6) is 0 Å². The van der Waals surface area contributed by atoms with Gasteiger partial charge in [-0.25, -0.2) is 9.97 Å². The fraction of sp³-hybridized carbons (Fsp3) is 0.231. The van der Waals surface area contributed by atoms with Crippen molar-refractivity contribution in [1.29, 1.82) is 0 Å². The molecule has 0 spiro atoms. The minimum Gasteiger partial charge on any atom is -0.377 e. The molecule has 0 amide bonds. The number of aromatic nitrogens is 2. The van der Waals surface area contributed by atoms with Crippen molar-refractivity contribution in [3.05, 3.63) is 46.9 Å². The Morgan fingerprint density at radius 2 is 1.88 bits per heavy atom. The van der Waals surface area contributed by atoms with Crippen LogP contribution in [0.3, 0.4) is 0 Å². The van der Waals surface area contributed by atoms with Gasteiger partial charge >= 0.3 is 0 Å². The highest BCUT2D eigenvalue weighted by molar-refractivity contribution is 6.29. The first-order chi connectivity index (χ1) is 8.19. The van der Waals surface area contributed by atoms with Crippen LogP contribution in [0, 0.1) is 6.92 Å². The van der Waals surface area contributed by atoms with Crippen LogP contribution in [0.4, 0.5) is 0 Å². The SMILES string of the molecule is COCc1nc(Cl)cc(-c2ccc(C)cc2)n1. The van der Waals surface area contributed by atoms with Crippen LogP contribution < -0.4 is 0 Å². The molecule has 3 nitrogen and oxygen atoms in total. The van der Waals surface area contributed by atoms with Crippen LogP contribution in [0.15, 0.2) is 30.3 Å². The van der Waals surface area contributed by atoms with Crippen LogP contribution in [0.1, 0.15) is 11.4 Å². The Labute approximate surface area is 105 Å². The molecule has 0 aliphatic heterocycles. The third-order valence-electron chi connectivity index (χ3n) is 2.36. The highest BCUT2D eigenvalue weighted by Gasteiger charge is 2.05. The van der Waals surface area contributed by atoms with E-state index >= 15 is 0 Å². The molecule has 0 radical (unpaired) electrons. The zero-order valence-corrected chi connectivity index (χ0v) is 10.5. The number of hydrogen-bond acceptors (Lipinski definition) is 3. The smallest absolute Gasteiger partial charge is 0.156 e. The normalized spacial score (nSPS) is 10.5.